The summed E-state index contributed by atoms with van der Waals surface area (Å²) in [5.41, 5.74) is 1.00. The molecule has 2 aromatic rings. The van der Waals surface area contributed by atoms with Crippen LogP contribution >= 0.6 is 0 Å². The molecule has 0 aliphatic carbocycles. The van der Waals surface area contributed by atoms with E-state index in [4.69, 9.17) is 9.84 Å². The quantitative estimate of drug-likeness (QED) is 0.879. The van der Waals surface area contributed by atoms with E-state index in [2.05, 4.69) is 5.32 Å². The summed E-state index contributed by atoms with van der Waals surface area (Å²) in [5.74, 6) is 0.900. The van der Waals surface area contributed by atoms with E-state index in [1.807, 2.05) is 12.1 Å². The maximum absolute atomic E-state index is 12.8. The zero-order valence-corrected chi connectivity index (χ0v) is 10.7. The van der Waals surface area contributed by atoms with Gasteiger partial charge in [-0.1, -0.05) is 12.1 Å². The molecule has 0 aliphatic heterocycles. The molecule has 0 unspecified atom stereocenters. The molecule has 1 amide bonds. The monoisotopic (exact) mass is 275 g/mol. The maximum atomic E-state index is 12.8. The first kappa shape index (κ1) is 13.9. The smallest absolute Gasteiger partial charge is 0.404 e. The Morgan fingerprint density at radius 1 is 1.05 bits per heavy atom. The minimum absolute atomic E-state index is 0.307. The molecule has 0 saturated carbocycles. The SMILES string of the molecule is O=C(O)NCCc1ccc(Oc2ccc(F)cc2)cc1. The Morgan fingerprint density at radius 2 is 1.60 bits per heavy atom. The average molecular weight is 275 g/mol. The van der Waals surface area contributed by atoms with Crippen LogP contribution in [0.25, 0.3) is 0 Å². The highest BCUT2D eigenvalue weighted by molar-refractivity contribution is 5.64. The summed E-state index contributed by atoms with van der Waals surface area (Å²) in [7, 11) is 0. The van der Waals surface area contributed by atoms with Crippen LogP contribution in [-0.2, 0) is 6.42 Å². The Hall–Kier alpha value is -2.56. The Bertz CT molecular complexity index is 567. The molecule has 2 rings (SSSR count). The normalized spacial score (nSPS) is 10.1. The van der Waals surface area contributed by atoms with Gasteiger partial charge < -0.3 is 15.2 Å². The highest BCUT2D eigenvalue weighted by Crippen LogP contribution is 2.21. The van der Waals surface area contributed by atoms with Crippen molar-refractivity contribution in [3.63, 3.8) is 0 Å². The molecule has 2 N–H and O–H groups in total. The summed E-state index contributed by atoms with van der Waals surface area (Å²) in [4.78, 5) is 10.3. The number of ether oxygens (including phenoxy) is 1. The van der Waals surface area contributed by atoms with Gasteiger partial charge in [-0.15, -0.1) is 0 Å². The van der Waals surface area contributed by atoms with Crippen molar-refractivity contribution >= 4 is 6.09 Å². The lowest BCUT2D eigenvalue weighted by atomic mass is 10.1. The fourth-order valence-corrected chi connectivity index (χ4v) is 1.68. The number of hydrogen-bond acceptors (Lipinski definition) is 2. The molecular weight excluding hydrogens is 261 g/mol. The van der Waals surface area contributed by atoms with E-state index < -0.39 is 6.09 Å². The zero-order valence-electron chi connectivity index (χ0n) is 10.7. The van der Waals surface area contributed by atoms with Gasteiger partial charge in [0.25, 0.3) is 0 Å². The standard InChI is InChI=1S/C15H14FNO3/c16-12-3-7-14(8-4-12)20-13-5-1-11(2-6-13)9-10-17-15(18)19/h1-8,17H,9-10H2,(H,18,19). The molecule has 0 heterocycles. The number of halogens is 1. The number of amides is 1. The van der Waals surface area contributed by atoms with Crippen molar-refractivity contribution < 1.29 is 19.0 Å². The van der Waals surface area contributed by atoms with E-state index in [1.54, 1.807) is 24.3 Å². The summed E-state index contributed by atoms with van der Waals surface area (Å²) < 4.78 is 18.3. The molecule has 0 aromatic heterocycles. The summed E-state index contributed by atoms with van der Waals surface area (Å²) >= 11 is 0. The fourth-order valence-electron chi connectivity index (χ4n) is 1.68. The minimum Gasteiger partial charge on any atom is -0.465 e. The molecule has 4 nitrogen and oxygen atoms in total. The second-order valence-electron chi connectivity index (χ2n) is 4.18. The second-order valence-corrected chi connectivity index (χ2v) is 4.18. The van der Waals surface area contributed by atoms with Crippen LogP contribution in [0.15, 0.2) is 48.5 Å². The predicted octanol–water partition coefficient (Wildman–Crippen LogP) is 3.43. The molecule has 5 heteroatoms. The van der Waals surface area contributed by atoms with Gasteiger partial charge in [0.05, 0.1) is 0 Å². The zero-order chi connectivity index (χ0) is 14.4. The van der Waals surface area contributed by atoms with Crippen LogP contribution in [0.4, 0.5) is 9.18 Å². The van der Waals surface area contributed by atoms with Gasteiger partial charge in [0.15, 0.2) is 0 Å². The molecule has 0 spiro atoms. The average Bonchev–Trinajstić information content (AvgIpc) is 2.43. The van der Waals surface area contributed by atoms with Crippen LogP contribution < -0.4 is 10.1 Å². The summed E-state index contributed by atoms with van der Waals surface area (Å²) in [6.45, 7) is 0.369. The van der Waals surface area contributed by atoms with Gasteiger partial charge >= 0.3 is 6.09 Å². The molecule has 0 atom stereocenters. The van der Waals surface area contributed by atoms with Crippen molar-refractivity contribution in [2.24, 2.45) is 0 Å². The van der Waals surface area contributed by atoms with Crippen LogP contribution in [0.1, 0.15) is 5.56 Å². The number of carbonyl (C=O) groups is 1. The molecule has 0 bridgehead atoms. The largest absolute Gasteiger partial charge is 0.465 e. The molecule has 0 radical (unpaired) electrons. The van der Waals surface area contributed by atoms with Gasteiger partial charge in [0, 0.05) is 6.54 Å². The Morgan fingerprint density at radius 3 is 2.15 bits per heavy atom. The van der Waals surface area contributed by atoms with Crippen LogP contribution in [0, 0.1) is 5.82 Å². The lowest BCUT2D eigenvalue weighted by Crippen LogP contribution is -2.23. The van der Waals surface area contributed by atoms with Gasteiger partial charge in [-0.05, 0) is 48.4 Å². The van der Waals surface area contributed by atoms with Crippen molar-refractivity contribution in [1.82, 2.24) is 5.32 Å². The van der Waals surface area contributed by atoms with Gasteiger partial charge in [-0.2, -0.15) is 0 Å². The summed E-state index contributed by atoms with van der Waals surface area (Å²) in [6.07, 6.45) is -0.412. The second kappa shape index (κ2) is 6.56. The van der Waals surface area contributed by atoms with Gasteiger partial charge in [-0.3, -0.25) is 0 Å². The Kier molecular flexibility index (Phi) is 4.55. The molecule has 0 fully saturated rings. The van der Waals surface area contributed by atoms with E-state index in [1.165, 1.54) is 12.1 Å². The van der Waals surface area contributed by atoms with Gasteiger partial charge in [0.1, 0.15) is 17.3 Å². The van der Waals surface area contributed by atoms with E-state index in [-0.39, 0.29) is 5.82 Å². The molecule has 0 aliphatic rings. The van der Waals surface area contributed by atoms with Crippen LogP contribution in [-0.4, -0.2) is 17.7 Å². The molecule has 2 aromatic carbocycles. The summed E-state index contributed by atoms with van der Waals surface area (Å²) in [5, 5.41) is 10.8. The third-order valence-electron chi connectivity index (χ3n) is 2.66. The van der Waals surface area contributed by atoms with Gasteiger partial charge in [-0.25, -0.2) is 9.18 Å². The number of benzene rings is 2. The Labute approximate surface area is 115 Å². The lowest BCUT2D eigenvalue weighted by Gasteiger charge is -2.07. The van der Waals surface area contributed by atoms with E-state index in [0.29, 0.717) is 24.5 Å². The summed E-state index contributed by atoms with van der Waals surface area (Å²) in [6, 6.07) is 13.1. The van der Waals surface area contributed by atoms with Crippen LogP contribution in [0.2, 0.25) is 0 Å². The van der Waals surface area contributed by atoms with Crippen molar-refractivity contribution in [3.8, 4) is 11.5 Å². The Balaban J connectivity index is 1.91. The third-order valence-corrected chi connectivity index (χ3v) is 2.66. The molecule has 0 saturated heterocycles. The molecule has 104 valence electrons. The first-order chi connectivity index (χ1) is 9.63. The van der Waals surface area contributed by atoms with E-state index >= 15 is 0 Å². The van der Waals surface area contributed by atoms with Crippen molar-refractivity contribution in [1.29, 1.82) is 0 Å². The van der Waals surface area contributed by atoms with Gasteiger partial charge in [0.2, 0.25) is 0 Å². The van der Waals surface area contributed by atoms with Crippen molar-refractivity contribution in [3.05, 3.63) is 59.9 Å². The van der Waals surface area contributed by atoms with Crippen LogP contribution in [0.3, 0.4) is 0 Å². The van der Waals surface area contributed by atoms with Crippen molar-refractivity contribution in [2.75, 3.05) is 6.54 Å². The number of nitrogens with one attached hydrogen (secondary N) is 1. The number of hydrogen-bond donors (Lipinski definition) is 2. The van der Waals surface area contributed by atoms with E-state index in [9.17, 15) is 9.18 Å². The first-order valence-corrected chi connectivity index (χ1v) is 6.12. The number of carboxylic acid groups (broad SMARTS) is 1. The van der Waals surface area contributed by atoms with Crippen molar-refractivity contribution in [2.45, 2.75) is 6.42 Å². The molecule has 20 heavy (non-hydrogen) atoms. The number of rotatable bonds is 5. The highest BCUT2D eigenvalue weighted by atomic mass is 19.1. The fraction of sp³-hybridized carbons (Fsp3) is 0.133. The first-order valence-electron chi connectivity index (χ1n) is 6.12. The molecular formula is C15H14FNO3. The minimum atomic E-state index is -1.03. The topological polar surface area (TPSA) is 58.6 Å². The maximum Gasteiger partial charge on any atom is 0.404 e. The lowest BCUT2D eigenvalue weighted by molar-refractivity contribution is 0.194. The predicted molar refractivity (Wildman–Crippen MR) is 72.6 cm³/mol. The van der Waals surface area contributed by atoms with Crippen LogP contribution in [0.5, 0.6) is 11.5 Å². The van der Waals surface area contributed by atoms with E-state index in [0.717, 1.165) is 5.56 Å². The third kappa shape index (κ3) is 4.28. The highest BCUT2D eigenvalue weighted by Gasteiger charge is 2.00.